The Morgan fingerprint density at radius 1 is 1.22 bits per heavy atom. The van der Waals surface area contributed by atoms with Crippen LogP contribution >= 0.6 is 0 Å². The zero-order chi connectivity index (χ0) is 19.9. The number of aromatic nitrogens is 1. The molecule has 0 saturated heterocycles. The summed E-state index contributed by atoms with van der Waals surface area (Å²) in [6.07, 6.45) is 7.43. The molecule has 0 radical (unpaired) electrons. The predicted octanol–water partition coefficient (Wildman–Crippen LogP) is 4.00. The van der Waals surface area contributed by atoms with E-state index >= 15 is 0 Å². The number of rotatable bonds is 10. The van der Waals surface area contributed by atoms with Crippen molar-refractivity contribution in [3.05, 3.63) is 23.9 Å². The Bertz CT molecular complexity index is 689. The molecule has 2 rings (SSSR count). The first-order valence-corrected chi connectivity index (χ1v) is 11.9. The number of sulfone groups is 1. The van der Waals surface area contributed by atoms with Crippen LogP contribution in [0.2, 0.25) is 0 Å². The van der Waals surface area contributed by atoms with E-state index in [0.717, 1.165) is 44.1 Å². The van der Waals surface area contributed by atoms with Gasteiger partial charge in [-0.1, -0.05) is 19.4 Å². The van der Waals surface area contributed by atoms with Crippen molar-refractivity contribution in [2.45, 2.75) is 71.0 Å². The summed E-state index contributed by atoms with van der Waals surface area (Å²) in [5.74, 6) is 1.34. The van der Waals surface area contributed by atoms with E-state index in [1.165, 1.54) is 0 Å². The second kappa shape index (κ2) is 10.2. The second-order valence-electron chi connectivity index (χ2n) is 7.95. The van der Waals surface area contributed by atoms with Crippen molar-refractivity contribution < 1.29 is 17.9 Å². The molecule has 0 spiro atoms. The monoisotopic (exact) mass is 395 g/mol. The SMILES string of the molecule is CCCCOc1ccc(CC(=O)C2CCC(CS(=O)(=O)C(C)C)CC2)cn1. The quantitative estimate of drug-likeness (QED) is 0.560. The van der Waals surface area contributed by atoms with E-state index < -0.39 is 9.84 Å². The fourth-order valence-electron chi connectivity index (χ4n) is 3.44. The van der Waals surface area contributed by atoms with E-state index in [9.17, 15) is 13.2 Å². The molecule has 0 atom stereocenters. The Kier molecular flexibility index (Phi) is 8.27. The maximum Gasteiger partial charge on any atom is 0.213 e. The first-order valence-electron chi connectivity index (χ1n) is 10.1. The van der Waals surface area contributed by atoms with Crippen LogP contribution in [0.3, 0.4) is 0 Å². The Labute approximate surface area is 163 Å². The van der Waals surface area contributed by atoms with Crippen LogP contribution in [0.15, 0.2) is 18.3 Å². The number of pyridine rings is 1. The molecule has 1 fully saturated rings. The highest BCUT2D eigenvalue weighted by Crippen LogP contribution is 2.31. The molecule has 5 nitrogen and oxygen atoms in total. The third-order valence-corrected chi connectivity index (χ3v) is 7.78. The summed E-state index contributed by atoms with van der Waals surface area (Å²) in [5.41, 5.74) is 0.910. The van der Waals surface area contributed by atoms with Crippen molar-refractivity contribution in [2.24, 2.45) is 11.8 Å². The fraction of sp³-hybridized carbons (Fsp3) is 0.714. The third-order valence-electron chi connectivity index (χ3n) is 5.41. The zero-order valence-corrected chi connectivity index (χ0v) is 17.6. The minimum absolute atomic E-state index is 0.0449. The van der Waals surface area contributed by atoms with Crippen molar-refractivity contribution in [2.75, 3.05) is 12.4 Å². The summed E-state index contributed by atoms with van der Waals surface area (Å²) in [6.45, 7) is 6.25. The lowest BCUT2D eigenvalue weighted by Crippen LogP contribution is -2.29. The number of carbonyl (C=O) groups is 1. The molecule has 1 saturated carbocycles. The van der Waals surface area contributed by atoms with Crippen LogP contribution in [0.4, 0.5) is 0 Å². The van der Waals surface area contributed by atoms with Crippen LogP contribution in [0, 0.1) is 11.8 Å². The van der Waals surface area contributed by atoms with E-state index in [0.29, 0.717) is 18.9 Å². The van der Waals surface area contributed by atoms with Crippen LogP contribution in [0.1, 0.15) is 64.9 Å². The van der Waals surface area contributed by atoms with E-state index in [1.807, 2.05) is 12.1 Å². The highest BCUT2D eigenvalue weighted by molar-refractivity contribution is 7.91. The van der Waals surface area contributed by atoms with Crippen molar-refractivity contribution in [3.8, 4) is 5.88 Å². The standard InChI is InChI=1S/C21H33NO4S/c1-4-5-12-26-21-11-8-18(14-22-21)13-20(23)19-9-6-17(7-10-19)15-27(24,25)16(2)3/h8,11,14,16-17,19H,4-7,9-10,12-13,15H2,1-3H3. The van der Waals surface area contributed by atoms with Crippen LogP contribution in [0.5, 0.6) is 5.88 Å². The first kappa shape index (κ1) is 21.9. The molecule has 1 aliphatic carbocycles. The second-order valence-corrected chi connectivity index (χ2v) is 10.5. The molecule has 152 valence electrons. The van der Waals surface area contributed by atoms with Crippen LogP contribution < -0.4 is 4.74 Å². The summed E-state index contributed by atoms with van der Waals surface area (Å²) < 4.78 is 29.7. The lowest BCUT2D eigenvalue weighted by Gasteiger charge is -2.28. The molecular formula is C21H33NO4S. The van der Waals surface area contributed by atoms with Gasteiger partial charge in [0, 0.05) is 24.6 Å². The number of hydrogen-bond donors (Lipinski definition) is 0. The summed E-state index contributed by atoms with van der Waals surface area (Å²) in [6, 6.07) is 3.74. The van der Waals surface area contributed by atoms with Gasteiger partial charge in [0.05, 0.1) is 17.6 Å². The van der Waals surface area contributed by atoms with Gasteiger partial charge in [-0.25, -0.2) is 13.4 Å². The summed E-state index contributed by atoms with van der Waals surface area (Å²) in [5, 5.41) is -0.321. The third kappa shape index (κ3) is 6.91. The minimum Gasteiger partial charge on any atom is -0.478 e. The minimum atomic E-state index is -3.00. The molecule has 27 heavy (non-hydrogen) atoms. The number of ketones is 1. The molecule has 1 aliphatic rings. The smallest absolute Gasteiger partial charge is 0.213 e. The largest absolute Gasteiger partial charge is 0.478 e. The molecule has 0 bridgehead atoms. The van der Waals surface area contributed by atoms with Gasteiger partial charge >= 0.3 is 0 Å². The van der Waals surface area contributed by atoms with Gasteiger partial charge in [0.25, 0.3) is 0 Å². The molecule has 0 unspecified atom stereocenters. The van der Waals surface area contributed by atoms with E-state index in [1.54, 1.807) is 20.0 Å². The number of ether oxygens (including phenoxy) is 1. The van der Waals surface area contributed by atoms with Crippen molar-refractivity contribution in [1.82, 2.24) is 4.98 Å². The predicted molar refractivity (Wildman–Crippen MR) is 108 cm³/mol. The normalized spacial score (nSPS) is 20.6. The van der Waals surface area contributed by atoms with Crippen LogP contribution in [-0.2, 0) is 21.1 Å². The Morgan fingerprint density at radius 2 is 1.93 bits per heavy atom. The molecule has 1 heterocycles. The van der Waals surface area contributed by atoms with Crippen LogP contribution in [-0.4, -0.2) is 36.8 Å². The molecule has 1 aromatic rings. The Morgan fingerprint density at radius 3 is 2.48 bits per heavy atom. The first-order chi connectivity index (χ1) is 12.8. The summed E-state index contributed by atoms with van der Waals surface area (Å²) in [7, 11) is -3.00. The van der Waals surface area contributed by atoms with Gasteiger partial charge in [-0.2, -0.15) is 0 Å². The molecular weight excluding hydrogens is 362 g/mol. The van der Waals surface area contributed by atoms with Crippen LogP contribution in [0.25, 0.3) is 0 Å². The summed E-state index contributed by atoms with van der Waals surface area (Å²) >= 11 is 0. The lowest BCUT2D eigenvalue weighted by atomic mass is 9.79. The van der Waals surface area contributed by atoms with Crippen molar-refractivity contribution in [3.63, 3.8) is 0 Å². The number of Topliss-reactive ketones (excluding diaryl/α,β-unsaturated/α-hetero) is 1. The number of unbranched alkanes of at least 4 members (excludes halogenated alkanes) is 1. The molecule has 0 amide bonds. The molecule has 6 heteroatoms. The summed E-state index contributed by atoms with van der Waals surface area (Å²) in [4.78, 5) is 16.9. The molecule has 0 aliphatic heterocycles. The van der Waals surface area contributed by atoms with Crippen molar-refractivity contribution in [1.29, 1.82) is 0 Å². The average Bonchev–Trinajstić information content (AvgIpc) is 2.63. The van der Waals surface area contributed by atoms with Crippen molar-refractivity contribution >= 4 is 15.6 Å². The number of carbonyl (C=O) groups excluding carboxylic acids is 1. The maximum atomic E-state index is 12.6. The van der Waals surface area contributed by atoms with Gasteiger partial charge < -0.3 is 4.74 Å². The van der Waals surface area contributed by atoms with E-state index in [-0.39, 0.29) is 28.6 Å². The zero-order valence-electron chi connectivity index (χ0n) is 16.8. The maximum absolute atomic E-state index is 12.6. The van der Waals surface area contributed by atoms with E-state index in [4.69, 9.17) is 4.74 Å². The van der Waals surface area contributed by atoms with E-state index in [2.05, 4.69) is 11.9 Å². The van der Waals surface area contributed by atoms with Gasteiger partial charge in [0.15, 0.2) is 9.84 Å². The van der Waals surface area contributed by atoms with Gasteiger partial charge in [0.1, 0.15) is 5.78 Å². The lowest BCUT2D eigenvalue weighted by molar-refractivity contribution is -0.123. The molecule has 0 aromatic carbocycles. The highest BCUT2D eigenvalue weighted by atomic mass is 32.2. The number of hydrogen-bond acceptors (Lipinski definition) is 5. The Balaban J connectivity index is 1.79. The average molecular weight is 396 g/mol. The fourth-order valence-corrected chi connectivity index (χ4v) is 4.81. The highest BCUT2D eigenvalue weighted by Gasteiger charge is 2.29. The number of nitrogens with zero attached hydrogens (tertiary/aromatic N) is 1. The molecule has 1 aromatic heterocycles. The van der Waals surface area contributed by atoms with Gasteiger partial charge in [-0.05, 0) is 57.4 Å². The van der Waals surface area contributed by atoms with Gasteiger partial charge in [-0.15, -0.1) is 0 Å². The topological polar surface area (TPSA) is 73.3 Å². The Hall–Kier alpha value is -1.43. The van der Waals surface area contributed by atoms with Gasteiger partial charge in [-0.3, -0.25) is 4.79 Å². The van der Waals surface area contributed by atoms with Gasteiger partial charge in [0.2, 0.25) is 5.88 Å². The molecule has 0 N–H and O–H groups in total.